The van der Waals surface area contributed by atoms with E-state index in [0.717, 1.165) is 38.5 Å². The molecule has 1 fully saturated rings. The third kappa shape index (κ3) is 9.86. The number of unbranched alkanes of at least 4 members (excludes halogenated alkanes) is 7. The number of aliphatic carboxylic acids is 2. The van der Waals surface area contributed by atoms with Crippen LogP contribution in [-0.2, 0) is 9.59 Å². The fraction of sp³-hybridized carbons (Fsp3) is 0.905. The van der Waals surface area contributed by atoms with Crippen LogP contribution >= 0.6 is 0 Å². The van der Waals surface area contributed by atoms with Gasteiger partial charge in [0.2, 0.25) is 0 Å². The van der Waals surface area contributed by atoms with Crippen LogP contribution in [0.4, 0.5) is 0 Å². The molecule has 1 aliphatic carbocycles. The first-order valence-electron chi connectivity index (χ1n) is 10.5. The van der Waals surface area contributed by atoms with Gasteiger partial charge in [0.05, 0.1) is 5.92 Å². The topological polar surface area (TPSA) is 74.6 Å². The number of carboxylic acids is 2. The van der Waals surface area contributed by atoms with Gasteiger partial charge in [-0.2, -0.15) is 0 Å². The largest absolute Gasteiger partial charge is 0.481 e. The Morgan fingerprint density at radius 1 is 0.840 bits per heavy atom. The molecular formula is C21H38O4. The van der Waals surface area contributed by atoms with Crippen LogP contribution < -0.4 is 0 Å². The summed E-state index contributed by atoms with van der Waals surface area (Å²) < 4.78 is 0. The minimum atomic E-state index is -0.696. The summed E-state index contributed by atoms with van der Waals surface area (Å²) in [5.41, 5.74) is 0. The van der Waals surface area contributed by atoms with Crippen LogP contribution in [-0.4, -0.2) is 22.2 Å². The molecule has 3 atom stereocenters. The van der Waals surface area contributed by atoms with Gasteiger partial charge in [-0.1, -0.05) is 71.1 Å². The van der Waals surface area contributed by atoms with E-state index in [4.69, 9.17) is 5.11 Å². The van der Waals surface area contributed by atoms with Crippen LogP contribution in [0.25, 0.3) is 0 Å². The molecule has 0 aromatic rings. The summed E-state index contributed by atoms with van der Waals surface area (Å²) in [7, 11) is 0. The van der Waals surface area contributed by atoms with Gasteiger partial charge in [0.25, 0.3) is 0 Å². The second-order valence-electron chi connectivity index (χ2n) is 7.93. The van der Waals surface area contributed by atoms with Crippen molar-refractivity contribution in [3.8, 4) is 0 Å². The van der Waals surface area contributed by atoms with E-state index in [-0.39, 0.29) is 12.3 Å². The van der Waals surface area contributed by atoms with E-state index < -0.39 is 11.9 Å². The predicted octanol–water partition coefficient (Wildman–Crippen LogP) is 5.89. The summed E-state index contributed by atoms with van der Waals surface area (Å²) >= 11 is 0. The summed E-state index contributed by atoms with van der Waals surface area (Å²) in [6.07, 6.45) is 15.8. The van der Waals surface area contributed by atoms with Crippen molar-refractivity contribution in [2.75, 3.05) is 0 Å². The van der Waals surface area contributed by atoms with E-state index in [9.17, 15) is 14.7 Å². The van der Waals surface area contributed by atoms with Gasteiger partial charge in [0, 0.05) is 6.42 Å². The fourth-order valence-corrected chi connectivity index (χ4v) is 4.30. The summed E-state index contributed by atoms with van der Waals surface area (Å²) in [6, 6.07) is 0. The Morgan fingerprint density at radius 3 is 2.12 bits per heavy atom. The highest BCUT2D eigenvalue weighted by atomic mass is 16.4. The smallest absolute Gasteiger partial charge is 0.306 e. The molecule has 0 spiro atoms. The first-order chi connectivity index (χ1) is 12.0. The van der Waals surface area contributed by atoms with Crippen molar-refractivity contribution in [2.24, 2.45) is 17.8 Å². The molecule has 1 rings (SSSR count). The zero-order valence-electron chi connectivity index (χ0n) is 16.0. The minimum Gasteiger partial charge on any atom is -0.481 e. The Morgan fingerprint density at radius 2 is 1.48 bits per heavy atom. The lowest BCUT2D eigenvalue weighted by Gasteiger charge is -2.34. The molecule has 1 aliphatic rings. The van der Waals surface area contributed by atoms with E-state index in [2.05, 4.69) is 6.92 Å². The van der Waals surface area contributed by atoms with Gasteiger partial charge in [-0.25, -0.2) is 0 Å². The molecule has 25 heavy (non-hydrogen) atoms. The molecule has 3 unspecified atom stereocenters. The number of hydrogen-bond acceptors (Lipinski definition) is 2. The molecule has 4 nitrogen and oxygen atoms in total. The van der Waals surface area contributed by atoms with Crippen molar-refractivity contribution in [3.05, 3.63) is 0 Å². The van der Waals surface area contributed by atoms with Crippen LogP contribution in [0.3, 0.4) is 0 Å². The lowest BCUT2D eigenvalue weighted by Crippen LogP contribution is -2.31. The lowest BCUT2D eigenvalue weighted by atomic mass is 9.71. The molecule has 0 saturated heterocycles. The maximum absolute atomic E-state index is 11.6. The molecular weight excluding hydrogens is 316 g/mol. The molecule has 0 amide bonds. The SMILES string of the molecule is CCCCCC1CCC(CCCCCCCCC(=O)O)CC1C(=O)O. The fourth-order valence-electron chi connectivity index (χ4n) is 4.30. The molecule has 146 valence electrons. The summed E-state index contributed by atoms with van der Waals surface area (Å²) in [5, 5.41) is 18.2. The average molecular weight is 355 g/mol. The molecule has 1 saturated carbocycles. The summed E-state index contributed by atoms with van der Waals surface area (Å²) in [5.74, 6) is -0.403. The third-order valence-corrected chi connectivity index (χ3v) is 5.85. The number of rotatable bonds is 14. The Kier molecular flexibility index (Phi) is 11.6. The Bertz CT molecular complexity index is 380. The first kappa shape index (κ1) is 22.0. The lowest BCUT2D eigenvalue weighted by molar-refractivity contribution is -0.146. The molecule has 0 heterocycles. The molecule has 0 bridgehead atoms. The number of hydrogen-bond donors (Lipinski definition) is 2. The van der Waals surface area contributed by atoms with Gasteiger partial charge >= 0.3 is 11.9 Å². The van der Waals surface area contributed by atoms with Crippen molar-refractivity contribution >= 4 is 11.9 Å². The Labute approximate surface area is 153 Å². The predicted molar refractivity (Wildman–Crippen MR) is 101 cm³/mol. The molecule has 0 aromatic carbocycles. The van der Waals surface area contributed by atoms with Gasteiger partial charge in [0.15, 0.2) is 0 Å². The zero-order valence-corrected chi connectivity index (χ0v) is 16.0. The van der Waals surface area contributed by atoms with E-state index in [0.29, 0.717) is 11.8 Å². The van der Waals surface area contributed by atoms with Gasteiger partial charge in [-0.3, -0.25) is 9.59 Å². The quantitative estimate of drug-likeness (QED) is 0.381. The number of carboxylic acid groups (broad SMARTS) is 2. The van der Waals surface area contributed by atoms with Crippen molar-refractivity contribution in [2.45, 2.75) is 103 Å². The summed E-state index contributed by atoms with van der Waals surface area (Å²) in [6.45, 7) is 2.19. The first-order valence-corrected chi connectivity index (χ1v) is 10.5. The van der Waals surface area contributed by atoms with Crippen LogP contribution in [0, 0.1) is 17.8 Å². The zero-order chi connectivity index (χ0) is 18.5. The van der Waals surface area contributed by atoms with Crippen molar-refractivity contribution < 1.29 is 19.8 Å². The van der Waals surface area contributed by atoms with Crippen LogP contribution in [0.2, 0.25) is 0 Å². The van der Waals surface area contributed by atoms with Gasteiger partial charge in [-0.15, -0.1) is 0 Å². The molecule has 0 aromatic heterocycles. The molecule has 2 N–H and O–H groups in total. The maximum Gasteiger partial charge on any atom is 0.306 e. The normalized spacial score (nSPS) is 23.5. The average Bonchev–Trinajstić information content (AvgIpc) is 2.58. The molecule has 0 aliphatic heterocycles. The van der Waals surface area contributed by atoms with Crippen LogP contribution in [0.1, 0.15) is 103 Å². The van der Waals surface area contributed by atoms with E-state index in [1.807, 2.05) is 0 Å². The van der Waals surface area contributed by atoms with Gasteiger partial charge in [-0.05, 0) is 37.5 Å². The highest BCUT2D eigenvalue weighted by Gasteiger charge is 2.34. The Balaban J connectivity index is 2.15. The van der Waals surface area contributed by atoms with Crippen molar-refractivity contribution in [1.82, 2.24) is 0 Å². The van der Waals surface area contributed by atoms with E-state index in [1.165, 1.54) is 51.4 Å². The van der Waals surface area contributed by atoms with E-state index in [1.54, 1.807) is 0 Å². The van der Waals surface area contributed by atoms with Crippen LogP contribution in [0.5, 0.6) is 0 Å². The van der Waals surface area contributed by atoms with Crippen LogP contribution in [0.15, 0.2) is 0 Å². The minimum absolute atomic E-state index is 0.119. The van der Waals surface area contributed by atoms with E-state index >= 15 is 0 Å². The Hall–Kier alpha value is -1.06. The molecule has 0 radical (unpaired) electrons. The monoisotopic (exact) mass is 354 g/mol. The standard InChI is InChI=1S/C21H38O4/c1-2-3-8-12-18-15-14-17(16-19(18)21(24)25)11-9-6-4-5-7-10-13-20(22)23/h17-19H,2-16H2,1H3,(H,22,23)(H,24,25). The van der Waals surface area contributed by atoms with Crippen molar-refractivity contribution in [3.63, 3.8) is 0 Å². The third-order valence-electron chi connectivity index (χ3n) is 5.85. The van der Waals surface area contributed by atoms with Crippen molar-refractivity contribution in [1.29, 1.82) is 0 Å². The summed E-state index contributed by atoms with van der Waals surface area (Å²) in [4.78, 5) is 22.1. The van der Waals surface area contributed by atoms with Gasteiger partial charge < -0.3 is 10.2 Å². The highest BCUT2D eigenvalue weighted by Crippen LogP contribution is 2.39. The maximum atomic E-state index is 11.6. The van der Waals surface area contributed by atoms with Gasteiger partial charge in [0.1, 0.15) is 0 Å². The highest BCUT2D eigenvalue weighted by molar-refractivity contribution is 5.70. The second kappa shape index (κ2) is 13.2. The molecule has 4 heteroatoms. The number of carbonyl (C=O) groups is 2. The second-order valence-corrected chi connectivity index (χ2v) is 7.93.